The van der Waals surface area contributed by atoms with Crippen LogP contribution in [0.4, 0.5) is 0 Å². The maximum atomic E-state index is 11.7. The maximum Gasteiger partial charge on any atom is 0.251 e. The lowest BCUT2D eigenvalue weighted by Gasteiger charge is -2.15. The molecule has 19 heavy (non-hydrogen) atoms. The first-order chi connectivity index (χ1) is 8.95. The molecule has 1 rings (SSSR count). The van der Waals surface area contributed by atoms with Crippen LogP contribution in [0, 0.1) is 5.92 Å². The van der Waals surface area contributed by atoms with Crippen LogP contribution < -0.4 is 16.4 Å². The number of carbonyl (C=O) groups is 2. The number of benzene rings is 1. The van der Waals surface area contributed by atoms with Gasteiger partial charge in [-0.1, -0.05) is 26.0 Å². The summed E-state index contributed by atoms with van der Waals surface area (Å²) in [6.45, 7) is 4.22. The predicted octanol–water partition coefficient (Wildman–Crippen LogP) is 0.646. The van der Waals surface area contributed by atoms with Crippen LogP contribution in [0.15, 0.2) is 24.3 Å². The van der Waals surface area contributed by atoms with E-state index in [-0.39, 0.29) is 17.7 Å². The number of rotatable bonds is 5. The number of carbonyl (C=O) groups excluding carboxylic acids is 2. The lowest BCUT2D eigenvalue weighted by Crippen LogP contribution is -2.43. The third kappa shape index (κ3) is 4.37. The predicted molar refractivity (Wildman–Crippen MR) is 74.5 cm³/mol. The maximum absolute atomic E-state index is 11.7. The Morgan fingerprint density at radius 2 is 1.79 bits per heavy atom. The average Bonchev–Trinajstić information content (AvgIpc) is 2.43. The molecule has 4 N–H and O–H groups in total. The second kappa shape index (κ2) is 6.89. The molecule has 0 heterocycles. The fourth-order valence-electron chi connectivity index (χ4n) is 1.53. The molecular weight excluding hydrogens is 242 g/mol. The van der Waals surface area contributed by atoms with Crippen molar-refractivity contribution in [3.8, 4) is 0 Å². The van der Waals surface area contributed by atoms with E-state index >= 15 is 0 Å². The van der Waals surface area contributed by atoms with Gasteiger partial charge < -0.3 is 16.4 Å². The molecule has 0 aromatic heterocycles. The minimum Gasteiger partial charge on any atom is -0.355 e. The first-order valence-corrected chi connectivity index (χ1v) is 6.30. The standard InChI is InChI=1S/C14H21N3O2/c1-9(2)12(15)14(19)17-8-10-4-6-11(7-5-10)13(18)16-3/h4-7,9,12H,8,15H2,1-3H3,(H,16,18)(H,17,19)/t12-/m0/s1. The number of hydrogen-bond donors (Lipinski definition) is 3. The van der Waals surface area contributed by atoms with Crippen LogP contribution in [0.5, 0.6) is 0 Å². The quantitative estimate of drug-likeness (QED) is 0.729. The van der Waals surface area contributed by atoms with Crippen LogP contribution in [0.1, 0.15) is 29.8 Å². The van der Waals surface area contributed by atoms with Gasteiger partial charge in [0.1, 0.15) is 0 Å². The zero-order valence-corrected chi connectivity index (χ0v) is 11.6. The van der Waals surface area contributed by atoms with E-state index in [2.05, 4.69) is 10.6 Å². The van der Waals surface area contributed by atoms with Gasteiger partial charge in [-0.05, 0) is 23.6 Å². The highest BCUT2D eigenvalue weighted by atomic mass is 16.2. The summed E-state index contributed by atoms with van der Waals surface area (Å²) in [6, 6.07) is 6.58. The van der Waals surface area contributed by atoms with Crippen LogP contribution in [0.25, 0.3) is 0 Å². The van der Waals surface area contributed by atoms with Crippen molar-refractivity contribution in [3.05, 3.63) is 35.4 Å². The van der Waals surface area contributed by atoms with Gasteiger partial charge in [-0.15, -0.1) is 0 Å². The lowest BCUT2D eigenvalue weighted by atomic mass is 10.0. The van der Waals surface area contributed by atoms with Crippen molar-refractivity contribution in [2.45, 2.75) is 26.4 Å². The molecule has 0 aliphatic carbocycles. The van der Waals surface area contributed by atoms with E-state index in [1.807, 2.05) is 26.0 Å². The highest BCUT2D eigenvalue weighted by Crippen LogP contribution is 2.05. The monoisotopic (exact) mass is 263 g/mol. The van der Waals surface area contributed by atoms with Crippen molar-refractivity contribution in [1.29, 1.82) is 0 Å². The van der Waals surface area contributed by atoms with E-state index < -0.39 is 6.04 Å². The average molecular weight is 263 g/mol. The van der Waals surface area contributed by atoms with Gasteiger partial charge in [-0.25, -0.2) is 0 Å². The first kappa shape index (κ1) is 15.2. The van der Waals surface area contributed by atoms with Crippen LogP contribution >= 0.6 is 0 Å². The molecule has 104 valence electrons. The van der Waals surface area contributed by atoms with Crippen molar-refractivity contribution >= 4 is 11.8 Å². The van der Waals surface area contributed by atoms with E-state index in [1.165, 1.54) is 0 Å². The lowest BCUT2D eigenvalue weighted by molar-refractivity contribution is -0.123. The van der Waals surface area contributed by atoms with Crippen LogP contribution in [-0.2, 0) is 11.3 Å². The number of amides is 2. The van der Waals surface area contributed by atoms with Gasteiger partial charge in [-0.2, -0.15) is 0 Å². The minimum atomic E-state index is -0.495. The van der Waals surface area contributed by atoms with E-state index in [1.54, 1.807) is 19.2 Å². The second-order valence-corrected chi connectivity index (χ2v) is 4.76. The van der Waals surface area contributed by atoms with Crippen molar-refractivity contribution in [2.24, 2.45) is 11.7 Å². The summed E-state index contributed by atoms with van der Waals surface area (Å²) in [6.07, 6.45) is 0. The van der Waals surface area contributed by atoms with E-state index in [0.29, 0.717) is 12.1 Å². The summed E-state index contributed by atoms with van der Waals surface area (Å²) < 4.78 is 0. The Balaban J connectivity index is 2.55. The SMILES string of the molecule is CNC(=O)c1ccc(CNC(=O)[C@@H](N)C(C)C)cc1. The van der Waals surface area contributed by atoms with Gasteiger partial charge in [0.15, 0.2) is 0 Å². The molecule has 0 saturated carbocycles. The Morgan fingerprint density at radius 3 is 2.26 bits per heavy atom. The molecule has 0 radical (unpaired) electrons. The van der Waals surface area contributed by atoms with Crippen LogP contribution in [-0.4, -0.2) is 24.9 Å². The molecule has 1 atom stereocenters. The smallest absolute Gasteiger partial charge is 0.251 e. The van der Waals surface area contributed by atoms with Gasteiger partial charge in [0.05, 0.1) is 6.04 Å². The summed E-state index contributed by atoms with van der Waals surface area (Å²) >= 11 is 0. The van der Waals surface area contributed by atoms with Gasteiger partial charge in [-0.3, -0.25) is 9.59 Å². The summed E-state index contributed by atoms with van der Waals surface area (Å²) in [5.74, 6) is -0.182. The fourth-order valence-corrected chi connectivity index (χ4v) is 1.53. The zero-order chi connectivity index (χ0) is 14.4. The molecule has 1 aromatic rings. The molecule has 0 aliphatic rings. The van der Waals surface area contributed by atoms with Gasteiger partial charge in [0.2, 0.25) is 5.91 Å². The topological polar surface area (TPSA) is 84.2 Å². The third-order valence-electron chi connectivity index (χ3n) is 2.93. The highest BCUT2D eigenvalue weighted by Gasteiger charge is 2.16. The summed E-state index contributed by atoms with van der Waals surface area (Å²) in [4.78, 5) is 23.0. The summed E-state index contributed by atoms with van der Waals surface area (Å²) in [7, 11) is 1.59. The Kier molecular flexibility index (Phi) is 5.51. The largest absolute Gasteiger partial charge is 0.355 e. The van der Waals surface area contributed by atoms with Crippen LogP contribution in [0.2, 0.25) is 0 Å². The van der Waals surface area contributed by atoms with E-state index in [4.69, 9.17) is 5.73 Å². The molecule has 1 aromatic carbocycles. The number of nitrogens with two attached hydrogens (primary N) is 1. The van der Waals surface area contributed by atoms with Crippen molar-refractivity contribution in [3.63, 3.8) is 0 Å². The number of nitrogens with one attached hydrogen (secondary N) is 2. The Morgan fingerprint density at radius 1 is 1.21 bits per heavy atom. The molecule has 0 saturated heterocycles. The normalized spacial score (nSPS) is 12.1. The summed E-state index contributed by atoms with van der Waals surface area (Å²) in [5.41, 5.74) is 7.26. The summed E-state index contributed by atoms with van der Waals surface area (Å²) in [5, 5.41) is 5.33. The van der Waals surface area contributed by atoms with Crippen molar-refractivity contribution in [2.75, 3.05) is 7.05 Å². The Labute approximate surface area is 113 Å². The van der Waals surface area contributed by atoms with Crippen LogP contribution in [0.3, 0.4) is 0 Å². The number of hydrogen-bond acceptors (Lipinski definition) is 3. The minimum absolute atomic E-state index is 0.107. The Bertz CT molecular complexity index is 441. The fraction of sp³-hybridized carbons (Fsp3) is 0.429. The van der Waals surface area contributed by atoms with Crippen molar-refractivity contribution in [1.82, 2.24) is 10.6 Å². The molecule has 0 aliphatic heterocycles. The van der Waals surface area contributed by atoms with Crippen molar-refractivity contribution < 1.29 is 9.59 Å². The molecule has 5 nitrogen and oxygen atoms in total. The highest BCUT2D eigenvalue weighted by molar-refractivity contribution is 5.93. The molecule has 0 unspecified atom stereocenters. The Hall–Kier alpha value is -1.88. The van der Waals surface area contributed by atoms with Gasteiger partial charge in [0.25, 0.3) is 5.91 Å². The first-order valence-electron chi connectivity index (χ1n) is 6.30. The third-order valence-corrected chi connectivity index (χ3v) is 2.93. The molecule has 0 fully saturated rings. The van der Waals surface area contributed by atoms with E-state index in [9.17, 15) is 9.59 Å². The molecule has 2 amide bonds. The van der Waals surface area contributed by atoms with Gasteiger partial charge in [0, 0.05) is 19.2 Å². The zero-order valence-electron chi connectivity index (χ0n) is 11.6. The van der Waals surface area contributed by atoms with Gasteiger partial charge >= 0.3 is 0 Å². The molecular formula is C14H21N3O2. The van der Waals surface area contributed by atoms with E-state index in [0.717, 1.165) is 5.56 Å². The second-order valence-electron chi connectivity index (χ2n) is 4.76. The molecule has 0 spiro atoms. The molecule has 5 heteroatoms. The molecule has 0 bridgehead atoms.